The molecule has 1 aliphatic carbocycles. The molecule has 0 saturated heterocycles. The summed E-state index contributed by atoms with van der Waals surface area (Å²) in [5.74, 6) is 2.07. The van der Waals surface area contributed by atoms with E-state index in [1.807, 2.05) is 31.2 Å². The molecule has 1 saturated carbocycles. The molecule has 1 aliphatic rings. The molecule has 0 heterocycles. The summed E-state index contributed by atoms with van der Waals surface area (Å²) in [7, 11) is 0. The normalized spacial score (nSPS) is 22.5. The van der Waals surface area contributed by atoms with E-state index in [9.17, 15) is 4.79 Å². The Labute approximate surface area is 122 Å². The summed E-state index contributed by atoms with van der Waals surface area (Å²) >= 11 is 0. The number of benzene rings is 1. The zero-order chi connectivity index (χ0) is 14.4. The Morgan fingerprint density at radius 1 is 1.15 bits per heavy atom. The third kappa shape index (κ3) is 3.62. The van der Waals surface area contributed by atoms with E-state index in [0.29, 0.717) is 6.61 Å². The zero-order valence-corrected chi connectivity index (χ0v) is 12.7. The summed E-state index contributed by atoms with van der Waals surface area (Å²) in [5, 5.41) is 0. The van der Waals surface area contributed by atoms with Gasteiger partial charge in [0.15, 0.2) is 5.78 Å². The summed E-state index contributed by atoms with van der Waals surface area (Å²) in [4.78, 5) is 12.7. The Balaban J connectivity index is 2.02. The van der Waals surface area contributed by atoms with E-state index in [2.05, 4.69) is 6.92 Å². The van der Waals surface area contributed by atoms with Gasteiger partial charge >= 0.3 is 0 Å². The fourth-order valence-electron chi connectivity index (χ4n) is 3.29. The second kappa shape index (κ2) is 7.47. The maximum absolute atomic E-state index is 12.7. The lowest BCUT2D eigenvalue weighted by Gasteiger charge is -2.27. The number of Topliss-reactive ketones (excluding diaryl/α,β-unsaturated/α-hetero) is 1. The van der Waals surface area contributed by atoms with Crippen LogP contribution in [0.5, 0.6) is 5.75 Å². The number of hydrogen-bond donors (Lipinski definition) is 0. The van der Waals surface area contributed by atoms with Gasteiger partial charge < -0.3 is 4.74 Å². The summed E-state index contributed by atoms with van der Waals surface area (Å²) in [6.45, 7) is 4.81. The highest BCUT2D eigenvalue weighted by Gasteiger charge is 2.27. The average Bonchev–Trinajstić information content (AvgIpc) is 2.49. The van der Waals surface area contributed by atoms with Crippen molar-refractivity contribution in [1.29, 1.82) is 0 Å². The van der Waals surface area contributed by atoms with E-state index in [1.165, 1.54) is 25.7 Å². The highest BCUT2D eigenvalue weighted by molar-refractivity contribution is 6.00. The smallest absolute Gasteiger partial charge is 0.169 e. The second-order valence-corrected chi connectivity index (χ2v) is 5.80. The number of rotatable bonds is 6. The molecule has 1 aromatic rings. The van der Waals surface area contributed by atoms with E-state index < -0.39 is 0 Å². The monoisotopic (exact) mass is 274 g/mol. The van der Waals surface area contributed by atoms with Crippen molar-refractivity contribution in [3.05, 3.63) is 29.8 Å². The fourth-order valence-corrected chi connectivity index (χ4v) is 3.29. The molecule has 2 nitrogen and oxygen atoms in total. The number of hydrogen-bond acceptors (Lipinski definition) is 2. The van der Waals surface area contributed by atoms with Crippen molar-refractivity contribution in [2.45, 2.75) is 52.4 Å². The molecule has 2 heteroatoms. The minimum atomic E-state index is 0.199. The Kier molecular flexibility index (Phi) is 5.63. The van der Waals surface area contributed by atoms with Crippen molar-refractivity contribution >= 4 is 5.78 Å². The lowest BCUT2D eigenvalue weighted by Crippen LogP contribution is -2.22. The van der Waals surface area contributed by atoms with Crippen molar-refractivity contribution in [3.63, 3.8) is 0 Å². The Morgan fingerprint density at radius 3 is 2.50 bits per heavy atom. The summed E-state index contributed by atoms with van der Waals surface area (Å²) in [6, 6.07) is 7.67. The van der Waals surface area contributed by atoms with Gasteiger partial charge in [0.05, 0.1) is 12.2 Å². The van der Waals surface area contributed by atoms with Gasteiger partial charge in [-0.1, -0.05) is 31.9 Å². The van der Waals surface area contributed by atoms with Gasteiger partial charge in [0.25, 0.3) is 0 Å². The summed E-state index contributed by atoms with van der Waals surface area (Å²) in [5.41, 5.74) is 0.772. The molecular formula is C18H26O2. The van der Waals surface area contributed by atoms with Crippen LogP contribution >= 0.6 is 0 Å². The molecule has 2 rings (SSSR count). The third-order valence-electron chi connectivity index (χ3n) is 4.37. The van der Waals surface area contributed by atoms with E-state index in [1.54, 1.807) is 0 Å². The number of ether oxygens (including phenoxy) is 1. The molecule has 0 spiro atoms. The third-order valence-corrected chi connectivity index (χ3v) is 4.37. The summed E-state index contributed by atoms with van der Waals surface area (Å²) < 4.78 is 5.59. The molecule has 110 valence electrons. The molecule has 0 N–H and O–H groups in total. The zero-order valence-electron chi connectivity index (χ0n) is 12.7. The van der Waals surface area contributed by atoms with Crippen LogP contribution in [-0.4, -0.2) is 12.4 Å². The molecule has 1 aromatic carbocycles. The van der Waals surface area contributed by atoms with E-state index >= 15 is 0 Å². The predicted octanol–water partition coefficient (Wildman–Crippen LogP) is 4.87. The maximum atomic E-state index is 12.7. The highest BCUT2D eigenvalue weighted by Crippen LogP contribution is 2.34. The number of para-hydroxylation sites is 1. The molecule has 0 aliphatic heterocycles. The van der Waals surface area contributed by atoms with Gasteiger partial charge in [-0.3, -0.25) is 4.79 Å². The lowest BCUT2D eigenvalue weighted by molar-refractivity contribution is 0.0866. The van der Waals surface area contributed by atoms with Crippen molar-refractivity contribution in [1.82, 2.24) is 0 Å². The standard InChI is InChI=1S/C18H26O2/c1-3-7-14-10-12-15(13-11-14)18(19)16-8-5-6-9-17(16)20-4-2/h5-6,8-9,14-15H,3-4,7,10-13H2,1-2H3. The lowest BCUT2D eigenvalue weighted by atomic mass is 9.77. The van der Waals surface area contributed by atoms with Crippen LogP contribution in [-0.2, 0) is 0 Å². The molecule has 0 amide bonds. The van der Waals surface area contributed by atoms with Gasteiger partial charge in [0.2, 0.25) is 0 Å². The van der Waals surface area contributed by atoms with Gasteiger partial charge in [-0.2, -0.15) is 0 Å². The Bertz CT molecular complexity index is 431. The average molecular weight is 274 g/mol. The quantitative estimate of drug-likeness (QED) is 0.691. The van der Waals surface area contributed by atoms with Crippen LogP contribution in [0.15, 0.2) is 24.3 Å². The first-order valence-corrected chi connectivity index (χ1v) is 8.02. The first kappa shape index (κ1) is 15.1. The topological polar surface area (TPSA) is 26.3 Å². The van der Waals surface area contributed by atoms with E-state index in [0.717, 1.165) is 30.1 Å². The number of carbonyl (C=O) groups excluding carboxylic acids is 1. The van der Waals surface area contributed by atoms with Crippen molar-refractivity contribution in [3.8, 4) is 5.75 Å². The first-order chi connectivity index (χ1) is 9.76. The van der Waals surface area contributed by atoms with Gasteiger partial charge in [0, 0.05) is 5.92 Å². The SMILES string of the molecule is CCCC1CCC(C(=O)c2ccccc2OCC)CC1. The Hall–Kier alpha value is -1.31. The van der Waals surface area contributed by atoms with Crippen LogP contribution in [0.4, 0.5) is 0 Å². The Morgan fingerprint density at radius 2 is 1.85 bits per heavy atom. The van der Waals surface area contributed by atoms with Gasteiger partial charge in [-0.25, -0.2) is 0 Å². The minimum Gasteiger partial charge on any atom is -0.493 e. The van der Waals surface area contributed by atoms with Crippen LogP contribution in [0.2, 0.25) is 0 Å². The van der Waals surface area contributed by atoms with Gasteiger partial charge in [-0.05, 0) is 50.7 Å². The van der Waals surface area contributed by atoms with Crippen molar-refractivity contribution < 1.29 is 9.53 Å². The number of ketones is 1. The van der Waals surface area contributed by atoms with Gasteiger partial charge in [-0.15, -0.1) is 0 Å². The van der Waals surface area contributed by atoms with Crippen molar-refractivity contribution in [2.75, 3.05) is 6.61 Å². The van der Waals surface area contributed by atoms with Crippen molar-refractivity contribution in [2.24, 2.45) is 11.8 Å². The molecule has 20 heavy (non-hydrogen) atoms. The molecule has 0 atom stereocenters. The van der Waals surface area contributed by atoms with Crippen LogP contribution in [0, 0.1) is 11.8 Å². The van der Waals surface area contributed by atoms with E-state index in [-0.39, 0.29) is 11.7 Å². The number of carbonyl (C=O) groups is 1. The molecule has 0 bridgehead atoms. The minimum absolute atomic E-state index is 0.199. The maximum Gasteiger partial charge on any atom is 0.169 e. The van der Waals surface area contributed by atoms with Crippen LogP contribution in [0.3, 0.4) is 0 Å². The summed E-state index contributed by atoms with van der Waals surface area (Å²) in [6.07, 6.45) is 7.09. The predicted molar refractivity (Wildman–Crippen MR) is 82.3 cm³/mol. The molecule has 0 unspecified atom stereocenters. The molecule has 0 radical (unpaired) electrons. The fraction of sp³-hybridized carbons (Fsp3) is 0.611. The largest absolute Gasteiger partial charge is 0.493 e. The first-order valence-electron chi connectivity index (χ1n) is 8.02. The van der Waals surface area contributed by atoms with Crippen LogP contribution < -0.4 is 4.74 Å². The highest BCUT2D eigenvalue weighted by atomic mass is 16.5. The molecule has 1 fully saturated rings. The molecular weight excluding hydrogens is 248 g/mol. The van der Waals surface area contributed by atoms with Gasteiger partial charge in [0.1, 0.15) is 5.75 Å². The van der Waals surface area contributed by atoms with Crippen LogP contribution in [0.1, 0.15) is 62.7 Å². The van der Waals surface area contributed by atoms with E-state index in [4.69, 9.17) is 4.74 Å². The second-order valence-electron chi connectivity index (χ2n) is 5.80. The van der Waals surface area contributed by atoms with Crippen LogP contribution in [0.25, 0.3) is 0 Å². The molecule has 0 aromatic heterocycles.